The number of hydrogen-bond donors (Lipinski definition) is 0. The molecular weight excluding hydrogens is 340 g/mol. The lowest BCUT2D eigenvalue weighted by atomic mass is 9.96. The molecule has 3 aromatic rings. The summed E-state index contributed by atoms with van der Waals surface area (Å²) in [5, 5.41) is 3.56. The van der Waals surface area contributed by atoms with E-state index < -0.39 is 0 Å². The highest BCUT2D eigenvalue weighted by Crippen LogP contribution is 2.38. The molecular formula is C23H24O4. The maximum absolute atomic E-state index is 12.2. The molecule has 0 heterocycles. The lowest BCUT2D eigenvalue weighted by Gasteiger charge is -2.16. The zero-order chi connectivity index (χ0) is 19.2. The van der Waals surface area contributed by atoms with Crippen LogP contribution in [0.2, 0.25) is 0 Å². The van der Waals surface area contributed by atoms with Crippen LogP contribution in [0.1, 0.15) is 45.1 Å². The van der Waals surface area contributed by atoms with Crippen LogP contribution in [0.5, 0.6) is 5.75 Å². The van der Waals surface area contributed by atoms with Gasteiger partial charge in [-0.15, -0.1) is 0 Å². The van der Waals surface area contributed by atoms with E-state index in [1.807, 2.05) is 62.4 Å². The number of fused-ring (bicyclic) bond motifs is 2. The molecule has 0 aliphatic rings. The molecule has 3 rings (SSSR count). The number of esters is 2. The van der Waals surface area contributed by atoms with Gasteiger partial charge in [0.1, 0.15) is 12.4 Å². The summed E-state index contributed by atoms with van der Waals surface area (Å²) in [6.07, 6.45) is 2.27. The summed E-state index contributed by atoms with van der Waals surface area (Å²) in [6, 6.07) is 15.5. The monoisotopic (exact) mass is 364 g/mol. The Bertz CT molecular complexity index is 918. The number of benzene rings is 3. The number of ether oxygens (including phenoxy) is 2. The zero-order valence-electron chi connectivity index (χ0n) is 15.8. The maximum Gasteiger partial charge on any atom is 0.311 e. The van der Waals surface area contributed by atoms with E-state index >= 15 is 0 Å². The molecule has 0 amide bonds. The van der Waals surface area contributed by atoms with Crippen LogP contribution in [0, 0.1) is 0 Å². The maximum atomic E-state index is 12.2. The van der Waals surface area contributed by atoms with E-state index in [4.69, 9.17) is 9.47 Å². The molecule has 0 aromatic heterocycles. The van der Waals surface area contributed by atoms with Gasteiger partial charge < -0.3 is 9.47 Å². The standard InChI is InChI=1S/C23H24O4/c1-3-9-21(24)26-15-20-16-11-5-7-13-18(16)23(27-22(25)10-4-2)19-14-8-6-12-17(19)20/h5-8,11-14H,3-4,9-10,15H2,1-2H3. The second-order valence-electron chi connectivity index (χ2n) is 6.53. The smallest absolute Gasteiger partial charge is 0.311 e. The molecule has 3 aromatic carbocycles. The zero-order valence-corrected chi connectivity index (χ0v) is 15.8. The van der Waals surface area contributed by atoms with Gasteiger partial charge in [-0.25, -0.2) is 0 Å². The van der Waals surface area contributed by atoms with Crippen LogP contribution in [-0.2, 0) is 20.9 Å². The Morgan fingerprint density at radius 2 is 1.22 bits per heavy atom. The largest absolute Gasteiger partial charge is 0.461 e. The highest BCUT2D eigenvalue weighted by molar-refractivity contribution is 6.09. The van der Waals surface area contributed by atoms with Crippen molar-refractivity contribution in [3.05, 3.63) is 54.1 Å². The summed E-state index contributed by atoms with van der Waals surface area (Å²) < 4.78 is 11.3. The van der Waals surface area contributed by atoms with Crippen LogP contribution in [0.4, 0.5) is 0 Å². The molecule has 27 heavy (non-hydrogen) atoms. The molecule has 0 N–H and O–H groups in total. The quantitative estimate of drug-likeness (QED) is 0.314. The molecule has 4 heteroatoms. The van der Waals surface area contributed by atoms with E-state index in [0.717, 1.165) is 39.9 Å². The molecule has 0 radical (unpaired) electrons. The average Bonchev–Trinajstić information content (AvgIpc) is 2.68. The van der Waals surface area contributed by atoms with E-state index in [9.17, 15) is 9.59 Å². The van der Waals surface area contributed by atoms with Gasteiger partial charge >= 0.3 is 11.9 Å². The van der Waals surface area contributed by atoms with E-state index in [1.165, 1.54) is 0 Å². The molecule has 0 spiro atoms. The summed E-state index contributed by atoms with van der Waals surface area (Å²) >= 11 is 0. The SMILES string of the molecule is CCCC(=O)OCc1c2ccccc2c(OC(=O)CCC)c2ccccc12. The second-order valence-corrected chi connectivity index (χ2v) is 6.53. The fraction of sp³-hybridized carbons (Fsp3) is 0.304. The van der Waals surface area contributed by atoms with Crippen molar-refractivity contribution in [3.63, 3.8) is 0 Å². The Morgan fingerprint density at radius 1 is 0.741 bits per heavy atom. The van der Waals surface area contributed by atoms with Crippen LogP contribution >= 0.6 is 0 Å². The Morgan fingerprint density at radius 3 is 1.74 bits per heavy atom. The van der Waals surface area contributed by atoms with Crippen molar-refractivity contribution >= 4 is 33.5 Å². The minimum atomic E-state index is -0.241. The normalized spacial score (nSPS) is 10.9. The summed E-state index contributed by atoms with van der Waals surface area (Å²) in [4.78, 5) is 24.1. The molecule has 0 aliphatic carbocycles. The first-order valence-corrected chi connectivity index (χ1v) is 9.44. The highest BCUT2D eigenvalue weighted by Gasteiger charge is 2.17. The molecule has 0 aliphatic heterocycles. The van der Waals surface area contributed by atoms with Crippen LogP contribution < -0.4 is 4.74 Å². The summed E-state index contributed by atoms with van der Waals surface area (Å²) in [6.45, 7) is 4.10. The first-order chi connectivity index (χ1) is 13.2. The van der Waals surface area contributed by atoms with Crippen molar-refractivity contribution in [2.24, 2.45) is 0 Å². The Hall–Kier alpha value is -2.88. The molecule has 0 unspecified atom stereocenters. The van der Waals surface area contributed by atoms with Crippen LogP contribution in [0.3, 0.4) is 0 Å². The van der Waals surface area contributed by atoms with Crippen LogP contribution in [0.25, 0.3) is 21.5 Å². The third-order valence-corrected chi connectivity index (χ3v) is 4.50. The van der Waals surface area contributed by atoms with Crippen molar-refractivity contribution in [3.8, 4) is 5.75 Å². The Labute approximate surface area is 159 Å². The predicted octanol–water partition coefficient (Wildman–Crippen LogP) is 5.54. The van der Waals surface area contributed by atoms with Gasteiger partial charge in [-0.2, -0.15) is 0 Å². The van der Waals surface area contributed by atoms with Crippen molar-refractivity contribution in [2.45, 2.75) is 46.1 Å². The van der Waals surface area contributed by atoms with Gasteiger partial charge in [0, 0.05) is 29.2 Å². The summed E-state index contributed by atoms with van der Waals surface area (Å²) in [5.41, 5.74) is 0.931. The van der Waals surface area contributed by atoms with E-state index in [2.05, 4.69) is 0 Å². The van der Waals surface area contributed by atoms with Gasteiger partial charge in [0.25, 0.3) is 0 Å². The van der Waals surface area contributed by atoms with Crippen molar-refractivity contribution in [1.29, 1.82) is 0 Å². The Balaban J connectivity index is 2.15. The van der Waals surface area contributed by atoms with Crippen LogP contribution in [0.15, 0.2) is 48.5 Å². The third-order valence-electron chi connectivity index (χ3n) is 4.50. The molecule has 4 nitrogen and oxygen atoms in total. The van der Waals surface area contributed by atoms with Gasteiger partial charge in [-0.3, -0.25) is 9.59 Å². The van der Waals surface area contributed by atoms with Crippen molar-refractivity contribution in [2.75, 3.05) is 0 Å². The first kappa shape index (κ1) is 18.9. The molecule has 0 bridgehead atoms. The lowest BCUT2D eigenvalue weighted by Crippen LogP contribution is -2.09. The number of rotatable bonds is 7. The highest BCUT2D eigenvalue weighted by atomic mass is 16.5. The fourth-order valence-electron chi connectivity index (χ4n) is 3.24. The predicted molar refractivity (Wildman–Crippen MR) is 107 cm³/mol. The van der Waals surface area contributed by atoms with Crippen LogP contribution in [-0.4, -0.2) is 11.9 Å². The minimum absolute atomic E-state index is 0.197. The van der Waals surface area contributed by atoms with E-state index in [0.29, 0.717) is 18.6 Å². The van der Waals surface area contributed by atoms with Gasteiger partial charge in [0.2, 0.25) is 0 Å². The second kappa shape index (κ2) is 8.67. The van der Waals surface area contributed by atoms with Gasteiger partial charge in [0.05, 0.1) is 0 Å². The minimum Gasteiger partial charge on any atom is -0.461 e. The van der Waals surface area contributed by atoms with Gasteiger partial charge in [-0.1, -0.05) is 62.4 Å². The lowest BCUT2D eigenvalue weighted by molar-refractivity contribution is -0.144. The van der Waals surface area contributed by atoms with Crippen molar-refractivity contribution < 1.29 is 19.1 Å². The summed E-state index contributed by atoms with van der Waals surface area (Å²) in [7, 11) is 0. The molecule has 140 valence electrons. The average molecular weight is 364 g/mol. The number of hydrogen-bond acceptors (Lipinski definition) is 4. The van der Waals surface area contributed by atoms with Gasteiger partial charge in [-0.05, 0) is 23.6 Å². The third kappa shape index (κ3) is 4.11. The molecule has 0 saturated heterocycles. The van der Waals surface area contributed by atoms with E-state index in [1.54, 1.807) is 0 Å². The van der Waals surface area contributed by atoms with E-state index in [-0.39, 0.29) is 18.5 Å². The molecule has 0 saturated carbocycles. The van der Waals surface area contributed by atoms with Gasteiger partial charge in [0.15, 0.2) is 0 Å². The molecule has 0 atom stereocenters. The Kier molecular flexibility index (Phi) is 6.07. The first-order valence-electron chi connectivity index (χ1n) is 9.44. The topological polar surface area (TPSA) is 52.6 Å². The molecule has 0 fully saturated rings. The number of carbonyl (C=O) groups is 2. The summed E-state index contributed by atoms with van der Waals surface area (Å²) in [5.74, 6) is 0.127. The van der Waals surface area contributed by atoms with Crippen molar-refractivity contribution in [1.82, 2.24) is 0 Å². The fourth-order valence-corrected chi connectivity index (χ4v) is 3.24. The number of carbonyl (C=O) groups excluding carboxylic acids is 2.